The highest BCUT2D eigenvalue weighted by Crippen LogP contribution is 2.34. The summed E-state index contributed by atoms with van der Waals surface area (Å²) in [5, 5.41) is 2.22. The van der Waals surface area contributed by atoms with Gasteiger partial charge in [0, 0.05) is 17.2 Å². The lowest BCUT2D eigenvalue weighted by molar-refractivity contribution is -0.253. The van der Waals surface area contributed by atoms with Crippen LogP contribution in [0.3, 0.4) is 0 Å². The quantitative estimate of drug-likeness (QED) is 0.141. The summed E-state index contributed by atoms with van der Waals surface area (Å²) in [6.45, 7) is 3.24. The number of nitrogens with one attached hydrogen (secondary N) is 1. The molecular formula is C34H25F10NO3. The van der Waals surface area contributed by atoms with Crippen LogP contribution in [-0.2, 0) is 11.0 Å². The molecule has 0 fully saturated rings. The molecule has 4 aromatic carbocycles. The molecule has 0 heterocycles. The van der Waals surface area contributed by atoms with E-state index in [9.17, 15) is 53.5 Å². The normalized spacial score (nSPS) is 12.4. The van der Waals surface area contributed by atoms with Crippen LogP contribution in [0, 0.1) is 24.4 Å². The van der Waals surface area contributed by atoms with Crippen molar-refractivity contribution in [2.75, 3.05) is 0 Å². The maximum atomic E-state index is 14.4. The molecule has 0 aromatic heterocycles. The number of benzene rings is 4. The number of ether oxygens (including phenoxy) is 1. The van der Waals surface area contributed by atoms with Crippen LogP contribution < -0.4 is 10.1 Å². The minimum Gasteiger partial charge on any atom is -0.428 e. The smallest absolute Gasteiger partial charge is 0.428 e. The van der Waals surface area contributed by atoms with Gasteiger partial charge in [-0.1, -0.05) is 42.0 Å². The fourth-order valence-electron chi connectivity index (χ4n) is 4.08. The van der Waals surface area contributed by atoms with Crippen LogP contribution in [0.2, 0.25) is 0 Å². The minimum atomic E-state index is -5.18. The number of halogens is 10. The highest BCUT2D eigenvalue weighted by molar-refractivity contribution is 5.95. The first kappa shape index (κ1) is 37.3. The van der Waals surface area contributed by atoms with E-state index in [1.165, 1.54) is 5.56 Å². The summed E-state index contributed by atoms with van der Waals surface area (Å²) < 4.78 is 138. The van der Waals surface area contributed by atoms with Gasteiger partial charge in [-0.3, -0.25) is 9.59 Å². The second-order valence-corrected chi connectivity index (χ2v) is 10.2. The molecule has 0 aliphatic heterocycles. The Bertz CT molecular complexity index is 1770. The summed E-state index contributed by atoms with van der Waals surface area (Å²) in [6, 6.07) is 14.5. The lowest BCUT2D eigenvalue weighted by atomic mass is 9.95. The highest BCUT2D eigenvalue weighted by atomic mass is 19.4. The first-order chi connectivity index (χ1) is 22.4. The van der Waals surface area contributed by atoms with Crippen LogP contribution in [0.25, 0.3) is 6.08 Å². The molecule has 0 radical (unpaired) electrons. The lowest BCUT2D eigenvalue weighted by Crippen LogP contribution is -2.33. The summed E-state index contributed by atoms with van der Waals surface area (Å²) >= 11 is 0. The van der Waals surface area contributed by atoms with E-state index >= 15 is 0 Å². The monoisotopic (exact) mass is 685 g/mol. The average molecular weight is 686 g/mol. The molecule has 4 nitrogen and oxygen atoms in total. The van der Waals surface area contributed by atoms with E-state index in [4.69, 9.17) is 0 Å². The summed E-state index contributed by atoms with van der Waals surface area (Å²) in [7, 11) is 0. The predicted octanol–water partition coefficient (Wildman–Crippen LogP) is 9.48. The first-order valence-electron chi connectivity index (χ1n) is 13.7. The Hall–Kier alpha value is -5.14. The van der Waals surface area contributed by atoms with E-state index in [0.29, 0.717) is 30.3 Å². The molecule has 4 rings (SSSR count). The lowest BCUT2D eigenvalue weighted by Gasteiger charge is -2.23. The Kier molecular flexibility index (Phi) is 12.2. The molecule has 0 bridgehead atoms. The maximum absolute atomic E-state index is 14.4. The fourth-order valence-corrected chi connectivity index (χ4v) is 4.08. The van der Waals surface area contributed by atoms with Crippen molar-refractivity contribution >= 4 is 17.8 Å². The van der Waals surface area contributed by atoms with Crippen molar-refractivity contribution in [1.29, 1.82) is 0 Å². The average Bonchev–Trinajstić information content (AvgIpc) is 2.99. The molecule has 1 atom stereocenters. The van der Waals surface area contributed by atoms with E-state index in [2.05, 4.69) is 29.1 Å². The van der Waals surface area contributed by atoms with E-state index in [1.54, 1.807) is 0 Å². The molecule has 0 saturated carbocycles. The summed E-state index contributed by atoms with van der Waals surface area (Å²) in [5.74, 6) is -6.74. The molecule has 4 aromatic rings. The third-order valence-electron chi connectivity index (χ3n) is 6.34. The Balaban J connectivity index is 0.000000789. The predicted molar refractivity (Wildman–Crippen MR) is 156 cm³/mol. The molecule has 0 aliphatic carbocycles. The van der Waals surface area contributed by atoms with Crippen LogP contribution >= 0.6 is 0 Å². The number of carbonyl (C=O) groups is 2. The first-order valence-corrected chi connectivity index (χ1v) is 13.7. The Morgan fingerprint density at radius 2 is 1.44 bits per heavy atom. The third kappa shape index (κ3) is 10.4. The number of rotatable bonds is 9. The van der Waals surface area contributed by atoms with Crippen LogP contribution in [-0.4, -0.2) is 24.2 Å². The van der Waals surface area contributed by atoms with Crippen molar-refractivity contribution in [2.24, 2.45) is 0 Å². The topological polar surface area (TPSA) is 55.4 Å². The molecule has 14 heteroatoms. The second kappa shape index (κ2) is 15.6. The maximum Gasteiger partial charge on any atom is 0.461 e. The molecule has 0 saturated heterocycles. The largest absolute Gasteiger partial charge is 0.461 e. The number of hydrogen-bond donors (Lipinski definition) is 1. The van der Waals surface area contributed by atoms with Gasteiger partial charge in [-0.25, -0.2) is 13.2 Å². The van der Waals surface area contributed by atoms with Crippen LogP contribution in [0.4, 0.5) is 43.9 Å². The molecule has 1 unspecified atom stereocenters. The summed E-state index contributed by atoms with van der Waals surface area (Å²) in [6.07, 6.45) is -12.5. The molecule has 0 spiro atoms. The van der Waals surface area contributed by atoms with Crippen molar-refractivity contribution in [3.63, 3.8) is 0 Å². The fraction of sp³-hybridized carbons (Fsp3) is 0.176. The van der Waals surface area contributed by atoms with Crippen LogP contribution in [0.5, 0.6) is 5.75 Å². The summed E-state index contributed by atoms with van der Waals surface area (Å²) in [4.78, 5) is 24.3. The SMILES string of the molecule is CC(=O)/C=C/c1cc(C(NC(=O)c2ccc(F)c(C(F)(F)F)c2)c2cc(F)cc(OC(F)(F)C(F)F)c2)ccc1F.Cc1ccccc1. The van der Waals surface area contributed by atoms with Crippen LogP contribution in [0.1, 0.15) is 51.1 Å². The zero-order valence-corrected chi connectivity index (χ0v) is 24.9. The van der Waals surface area contributed by atoms with E-state index < -0.39 is 76.3 Å². The molecule has 254 valence electrons. The van der Waals surface area contributed by atoms with Crippen molar-refractivity contribution < 1.29 is 58.2 Å². The number of amides is 1. The van der Waals surface area contributed by atoms with Gasteiger partial charge in [0.25, 0.3) is 5.91 Å². The van der Waals surface area contributed by atoms with Gasteiger partial charge < -0.3 is 10.1 Å². The van der Waals surface area contributed by atoms with E-state index in [1.807, 2.05) is 18.2 Å². The number of aryl methyl sites for hydroxylation is 1. The Morgan fingerprint density at radius 1 is 0.792 bits per heavy atom. The number of ketones is 1. The van der Waals surface area contributed by atoms with Crippen molar-refractivity contribution in [1.82, 2.24) is 5.32 Å². The zero-order valence-electron chi connectivity index (χ0n) is 24.9. The van der Waals surface area contributed by atoms with Gasteiger partial charge in [0.05, 0.1) is 11.6 Å². The highest BCUT2D eigenvalue weighted by Gasteiger charge is 2.44. The second-order valence-electron chi connectivity index (χ2n) is 10.2. The number of allylic oxidation sites excluding steroid dienone is 1. The van der Waals surface area contributed by atoms with Crippen molar-refractivity contribution in [3.8, 4) is 5.75 Å². The molecule has 1 amide bonds. The van der Waals surface area contributed by atoms with Crippen LogP contribution in [0.15, 0.2) is 91.0 Å². The Labute approximate surface area is 267 Å². The Morgan fingerprint density at radius 3 is 2.00 bits per heavy atom. The minimum absolute atomic E-state index is 0.113. The van der Waals surface area contributed by atoms with Gasteiger partial charge in [-0.2, -0.15) is 30.7 Å². The molecular weight excluding hydrogens is 660 g/mol. The van der Waals surface area contributed by atoms with Crippen molar-refractivity contribution in [3.05, 3.63) is 142 Å². The molecule has 0 aliphatic rings. The number of carbonyl (C=O) groups excluding carboxylic acids is 2. The zero-order chi connectivity index (χ0) is 35.8. The number of alkyl halides is 7. The molecule has 1 N–H and O–H groups in total. The van der Waals surface area contributed by atoms with Gasteiger partial charge in [0.1, 0.15) is 23.2 Å². The summed E-state index contributed by atoms with van der Waals surface area (Å²) in [5.41, 5.74) is -1.98. The molecule has 48 heavy (non-hydrogen) atoms. The standard InChI is InChI=1S/C27H17F10NO3.C7H8/c1-13(39)2-3-14-8-15(4-6-21(14)29)23(17-9-18(28)12-19(10-17)41-27(36,37)25(31)32)38-24(40)16-5-7-22(30)20(11-16)26(33,34)35;1-7-5-3-2-4-6-7/h2-12,23,25H,1H3,(H,38,40);2-6H,1H3/b3-2+;. The van der Waals surface area contributed by atoms with Gasteiger partial charge >= 0.3 is 18.7 Å². The van der Waals surface area contributed by atoms with Gasteiger partial charge in [-0.05, 0) is 79.6 Å². The third-order valence-corrected chi connectivity index (χ3v) is 6.34. The van der Waals surface area contributed by atoms with Crippen molar-refractivity contribution in [2.45, 2.75) is 38.6 Å². The van der Waals surface area contributed by atoms with Gasteiger partial charge in [-0.15, -0.1) is 0 Å². The van der Waals surface area contributed by atoms with Gasteiger partial charge in [0.15, 0.2) is 5.78 Å². The number of hydrogen-bond acceptors (Lipinski definition) is 3. The van der Waals surface area contributed by atoms with E-state index in [0.717, 1.165) is 37.3 Å². The van der Waals surface area contributed by atoms with Gasteiger partial charge in [0.2, 0.25) is 0 Å². The van der Waals surface area contributed by atoms with E-state index in [-0.39, 0.29) is 17.2 Å².